The standard InChI is InChI=1S/C2H2BrClN2O3/c3-2(4,1(5)7)6(8)9/h(H2,5,7). The summed E-state index contributed by atoms with van der Waals surface area (Å²) in [6, 6.07) is 0. The summed E-state index contributed by atoms with van der Waals surface area (Å²) in [5.74, 6) is -1.24. The van der Waals surface area contributed by atoms with Gasteiger partial charge in [0, 0.05) is 15.9 Å². The lowest BCUT2D eigenvalue weighted by atomic mass is 10.6. The number of alkyl halides is 2. The first-order valence-corrected chi connectivity index (χ1v) is 2.88. The van der Waals surface area contributed by atoms with E-state index in [-0.39, 0.29) is 0 Å². The van der Waals surface area contributed by atoms with Crippen LogP contribution in [0.2, 0.25) is 0 Å². The maximum Gasteiger partial charge on any atom is 0.425 e. The van der Waals surface area contributed by atoms with E-state index in [9.17, 15) is 14.9 Å². The number of amides is 1. The van der Waals surface area contributed by atoms with Crippen molar-refractivity contribution in [2.24, 2.45) is 5.73 Å². The fourth-order valence-electron chi connectivity index (χ4n) is 0.0900. The van der Waals surface area contributed by atoms with Gasteiger partial charge in [0.2, 0.25) is 0 Å². The number of hydrogen-bond donors (Lipinski definition) is 1. The summed E-state index contributed by atoms with van der Waals surface area (Å²) in [6.07, 6.45) is 0. The molecular formula is C2H2BrClN2O3. The average Bonchev–Trinajstić information content (AvgIpc) is 1.65. The SMILES string of the molecule is NC(=O)C(Cl)(Br)[N+](=O)[O-]. The summed E-state index contributed by atoms with van der Waals surface area (Å²) in [6.45, 7) is 0. The molecule has 52 valence electrons. The van der Waals surface area contributed by atoms with E-state index in [0.717, 1.165) is 0 Å². The summed E-state index contributed by atoms with van der Waals surface area (Å²) in [5, 5.41) is 9.79. The highest BCUT2D eigenvalue weighted by Crippen LogP contribution is 2.22. The van der Waals surface area contributed by atoms with E-state index in [0.29, 0.717) is 0 Å². The number of carbonyl (C=O) groups is 1. The van der Waals surface area contributed by atoms with Gasteiger partial charge in [-0.3, -0.25) is 14.9 Å². The van der Waals surface area contributed by atoms with Crippen molar-refractivity contribution in [3.8, 4) is 0 Å². The number of nitrogens with two attached hydrogens (primary N) is 1. The van der Waals surface area contributed by atoms with Crippen LogP contribution in [0.15, 0.2) is 0 Å². The van der Waals surface area contributed by atoms with Crippen LogP contribution in [0.5, 0.6) is 0 Å². The molecule has 2 N–H and O–H groups in total. The summed E-state index contributed by atoms with van der Waals surface area (Å²) >= 11 is 7.25. The molecule has 0 aliphatic carbocycles. The maximum atomic E-state index is 10.1. The van der Waals surface area contributed by atoms with E-state index in [1.54, 1.807) is 0 Å². The molecule has 0 fully saturated rings. The smallest absolute Gasteiger partial charge is 0.361 e. The van der Waals surface area contributed by atoms with E-state index >= 15 is 0 Å². The number of carbonyl (C=O) groups excluding carboxylic acids is 1. The molecule has 1 atom stereocenters. The Bertz CT molecular complexity index is 142. The second-order valence-corrected chi connectivity index (χ2v) is 3.31. The van der Waals surface area contributed by atoms with Crippen molar-refractivity contribution in [3.05, 3.63) is 10.1 Å². The Kier molecular flexibility index (Phi) is 2.39. The zero-order valence-electron chi connectivity index (χ0n) is 4.01. The van der Waals surface area contributed by atoms with Gasteiger partial charge in [0.1, 0.15) is 0 Å². The fraction of sp³-hybridized carbons (Fsp3) is 0.500. The quantitative estimate of drug-likeness (QED) is 0.306. The van der Waals surface area contributed by atoms with Crippen LogP contribution in [0.3, 0.4) is 0 Å². The molecule has 0 saturated heterocycles. The molecule has 7 heteroatoms. The molecule has 0 rings (SSSR count). The van der Waals surface area contributed by atoms with E-state index in [1.165, 1.54) is 0 Å². The first kappa shape index (κ1) is 8.64. The summed E-state index contributed by atoms with van der Waals surface area (Å²) in [5.41, 5.74) is 4.51. The highest BCUT2D eigenvalue weighted by atomic mass is 79.9. The van der Waals surface area contributed by atoms with Crippen LogP contribution in [0.4, 0.5) is 0 Å². The van der Waals surface area contributed by atoms with Crippen LogP contribution in [0.25, 0.3) is 0 Å². The van der Waals surface area contributed by atoms with Gasteiger partial charge in [-0.1, -0.05) is 0 Å². The van der Waals surface area contributed by atoms with Gasteiger partial charge in [0.05, 0.1) is 4.92 Å². The molecule has 0 aromatic heterocycles. The van der Waals surface area contributed by atoms with Gasteiger partial charge in [-0.05, 0) is 11.6 Å². The molecule has 5 nitrogen and oxygen atoms in total. The van der Waals surface area contributed by atoms with Gasteiger partial charge in [-0.25, -0.2) is 0 Å². The first-order chi connectivity index (χ1) is 3.89. The van der Waals surface area contributed by atoms with Gasteiger partial charge >= 0.3 is 9.81 Å². The zero-order chi connectivity index (χ0) is 7.65. The lowest BCUT2D eigenvalue weighted by molar-refractivity contribution is -0.495. The molecule has 1 amide bonds. The number of nitro groups is 1. The molecule has 0 aromatic carbocycles. The Labute approximate surface area is 63.4 Å². The first-order valence-electron chi connectivity index (χ1n) is 1.71. The number of halogens is 2. The monoisotopic (exact) mass is 216 g/mol. The van der Waals surface area contributed by atoms with E-state index < -0.39 is 14.7 Å². The molecule has 0 spiro atoms. The molecule has 0 aromatic rings. The van der Waals surface area contributed by atoms with Gasteiger partial charge in [-0.15, -0.1) is 0 Å². The Balaban J connectivity index is 4.38. The van der Waals surface area contributed by atoms with Gasteiger partial charge < -0.3 is 5.73 Å². The molecule has 0 saturated carbocycles. The predicted octanol–water partition coefficient (Wildman–Crippen LogP) is 0.0359. The summed E-state index contributed by atoms with van der Waals surface area (Å²) < 4.78 is -2.35. The summed E-state index contributed by atoms with van der Waals surface area (Å²) in [4.78, 5) is 18.8. The largest absolute Gasteiger partial charge is 0.425 e. The van der Waals surface area contributed by atoms with Crippen molar-refractivity contribution in [1.29, 1.82) is 0 Å². The molecule has 9 heavy (non-hydrogen) atoms. The Morgan fingerprint density at radius 2 is 2.22 bits per heavy atom. The van der Waals surface area contributed by atoms with E-state index in [4.69, 9.17) is 11.6 Å². The average molecular weight is 217 g/mol. The lowest BCUT2D eigenvalue weighted by Gasteiger charge is -2.03. The van der Waals surface area contributed by atoms with Crippen molar-refractivity contribution >= 4 is 33.4 Å². The Hall–Kier alpha value is -0.360. The van der Waals surface area contributed by atoms with Crippen LogP contribution in [-0.4, -0.2) is 14.7 Å². The molecule has 0 heterocycles. The lowest BCUT2D eigenvalue weighted by Crippen LogP contribution is -2.39. The van der Waals surface area contributed by atoms with Gasteiger partial charge in [-0.2, -0.15) is 0 Å². The molecule has 1 unspecified atom stereocenters. The maximum absolute atomic E-state index is 10.1. The molecular weight excluding hydrogens is 215 g/mol. The fourth-order valence-corrected chi connectivity index (χ4v) is 0.0900. The van der Waals surface area contributed by atoms with Crippen molar-refractivity contribution in [2.45, 2.75) is 3.91 Å². The minimum atomic E-state index is -2.35. The second-order valence-electron chi connectivity index (χ2n) is 1.16. The summed E-state index contributed by atoms with van der Waals surface area (Å²) in [7, 11) is 0. The van der Waals surface area contributed by atoms with E-state index in [1.807, 2.05) is 0 Å². The van der Waals surface area contributed by atoms with Crippen molar-refractivity contribution in [3.63, 3.8) is 0 Å². The molecule has 0 aliphatic heterocycles. The highest BCUT2D eigenvalue weighted by molar-refractivity contribution is 9.10. The van der Waals surface area contributed by atoms with Gasteiger partial charge in [0.15, 0.2) is 0 Å². The molecule has 0 radical (unpaired) electrons. The number of nitrogens with zero attached hydrogens (tertiary/aromatic N) is 1. The van der Waals surface area contributed by atoms with Crippen LogP contribution in [0.1, 0.15) is 0 Å². The topological polar surface area (TPSA) is 86.2 Å². The third-order valence-corrected chi connectivity index (χ3v) is 1.53. The van der Waals surface area contributed by atoms with Crippen molar-refractivity contribution in [1.82, 2.24) is 0 Å². The Morgan fingerprint density at radius 3 is 2.22 bits per heavy atom. The van der Waals surface area contributed by atoms with Crippen LogP contribution >= 0.6 is 27.5 Å². The number of primary amides is 1. The third-order valence-electron chi connectivity index (χ3n) is 0.526. The predicted molar refractivity (Wildman–Crippen MR) is 33.7 cm³/mol. The third kappa shape index (κ3) is 1.79. The van der Waals surface area contributed by atoms with Crippen LogP contribution in [-0.2, 0) is 4.79 Å². The Morgan fingerprint density at radius 1 is 1.89 bits per heavy atom. The van der Waals surface area contributed by atoms with Gasteiger partial charge in [0.25, 0.3) is 0 Å². The molecule has 0 aliphatic rings. The van der Waals surface area contributed by atoms with Crippen LogP contribution < -0.4 is 5.73 Å². The van der Waals surface area contributed by atoms with Crippen molar-refractivity contribution in [2.75, 3.05) is 0 Å². The number of hydrogen-bond acceptors (Lipinski definition) is 3. The zero-order valence-corrected chi connectivity index (χ0v) is 6.35. The normalized spacial score (nSPS) is 16.2. The number of rotatable bonds is 2. The van der Waals surface area contributed by atoms with Crippen LogP contribution in [0, 0.1) is 10.1 Å². The van der Waals surface area contributed by atoms with E-state index in [2.05, 4.69) is 21.7 Å². The second kappa shape index (κ2) is 2.49. The van der Waals surface area contributed by atoms with Crippen molar-refractivity contribution < 1.29 is 9.72 Å². The minimum absolute atomic E-state index is 1.03. The minimum Gasteiger partial charge on any atom is -0.361 e. The molecule has 0 bridgehead atoms. The highest BCUT2D eigenvalue weighted by Gasteiger charge is 2.44.